The molecule has 0 amide bonds. The zero-order valence-corrected chi connectivity index (χ0v) is 11.6. The molecule has 0 saturated carbocycles. The second kappa shape index (κ2) is 7.00. The summed E-state index contributed by atoms with van der Waals surface area (Å²) in [6, 6.07) is 9.59. The Balaban J connectivity index is 0.00000144. The van der Waals surface area contributed by atoms with E-state index >= 15 is 0 Å². The molecule has 17 heavy (non-hydrogen) atoms. The summed E-state index contributed by atoms with van der Waals surface area (Å²) in [5.41, 5.74) is 2.80. The van der Waals surface area contributed by atoms with Gasteiger partial charge in [-0.1, -0.05) is 29.8 Å². The molecule has 1 aromatic carbocycles. The number of aryl methyl sites for hydroxylation is 1. The van der Waals surface area contributed by atoms with Gasteiger partial charge in [-0.3, -0.25) is 4.90 Å². The Labute approximate surface area is 111 Å². The van der Waals surface area contributed by atoms with E-state index < -0.39 is 0 Å². The topological polar surface area (TPSA) is 15.3 Å². The Morgan fingerprint density at radius 2 is 2.00 bits per heavy atom. The van der Waals surface area contributed by atoms with E-state index in [1.54, 1.807) is 0 Å². The van der Waals surface area contributed by atoms with E-state index in [1.807, 2.05) is 0 Å². The molecule has 1 N–H and O–H groups in total. The van der Waals surface area contributed by atoms with Crippen molar-refractivity contribution in [3.8, 4) is 0 Å². The summed E-state index contributed by atoms with van der Waals surface area (Å²) in [5.74, 6) is 0. The molecule has 0 bridgehead atoms. The molecule has 0 aromatic heterocycles. The molecule has 1 aliphatic heterocycles. The number of hydrogen-bond acceptors (Lipinski definition) is 2. The molecule has 0 spiro atoms. The third-order valence-electron chi connectivity index (χ3n) is 3.45. The molecule has 1 unspecified atom stereocenters. The van der Waals surface area contributed by atoms with Crippen molar-refractivity contribution >= 4 is 12.4 Å². The van der Waals surface area contributed by atoms with Gasteiger partial charge in [0.2, 0.25) is 0 Å². The highest BCUT2D eigenvalue weighted by Gasteiger charge is 2.16. The van der Waals surface area contributed by atoms with E-state index in [-0.39, 0.29) is 12.4 Å². The molecule has 1 saturated heterocycles. The molecule has 0 aliphatic carbocycles. The van der Waals surface area contributed by atoms with Gasteiger partial charge in [0, 0.05) is 32.2 Å². The Kier molecular flexibility index (Phi) is 5.96. The maximum Gasteiger partial charge on any atom is 0.0193 e. The highest BCUT2D eigenvalue weighted by molar-refractivity contribution is 5.85. The highest BCUT2D eigenvalue weighted by atomic mass is 35.5. The average molecular weight is 255 g/mol. The van der Waals surface area contributed by atoms with Crippen molar-refractivity contribution in [3.05, 3.63) is 35.4 Å². The van der Waals surface area contributed by atoms with E-state index in [0.29, 0.717) is 6.04 Å². The van der Waals surface area contributed by atoms with Gasteiger partial charge in [0.15, 0.2) is 0 Å². The third-order valence-corrected chi connectivity index (χ3v) is 3.45. The molecule has 1 aromatic rings. The quantitative estimate of drug-likeness (QED) is 0.890. The summed E-state index contributed by atoms with van der Waals surface area (Å²) in [6.45, 7) is 9.09. The van der Waals surface area contributed by atoms with Crippen LogP contribution in [0.15, 0.2) is 24.3 Å². The van der Waals surface area contributed by atoms with Gasteiger partial charge in [0.05, 0.1) is 0 Å². The van der Waals surface area contributed by atoms with Gasteiger partial charge in [-0.05, 0) is 25.8 Å². The van der Waals surface area contributed by atoms with Crippen LogP contribution < -0.4 is 5.32 Å². The van der Waals surface area contributed by atoms with Crippen molar-refractivity contribution in [1.29, 1.82) is 0 Å². The van der Waals surface area contributed by atoms with Gasteiger partial charge in [-0.2, -0.15) is 0 Å². The van der Waals surface area contributed by atoms with Crippen LogP contribution in [0.2, 0.25) is 0 Å². The summed E-state index contributed by atoms with van der Waals surface area (Å²) in [5, 5.41) is 3.43. The number of piperazine rings is 1. The minimum Gasteiger partial charge on any atom is -0.314 e. The Morgan fingerprint density at radius 1 is 1.29 bits per heavy atom. The standard InChI is InChI=1S/C14H22N2.ClH/c1-12-3-5-14(6-4-12)7-9-16-10-8-15-11-13(16)2;/h3-6,13,15H,7-11H2,1-2H3;1H. The average Bonchev–Trinajstić information content (AvgIpc) is 2.30. The van der Waals surface area contributed by atoms with Crippen molar-refractivity contribution in [2.75, 3.05) is 26.2 Å². The number of rotatable bonds is 3. The van der Waals surface area contributed by atoms with Crippen LogP contribution in [0.3, 0.4) is 0 Å². The van der Waals surface area contributed by atoms with Crippen molar-refractivity contribution < 1.29 is 0 Å². The molecule has 0 radical (unpaired) electrons. The molecule has 2 rings (SSSR count). The predicted octanol–water partition coefficient (Wildman–Crippen LogP) is 2.25. The SMILES string of the molecule is Cc1ccc(CCN2CCNCC2C)cc1.Cl. The van der Waals surface area contributed by atoms with Crippen LogP contribution in [0, 0.1) is 6.92 Å². The van der Waals surface area contributed by atoms with E-state index in [2.05, 4.69) is 48.3 Å². The van der Waals surface area contributed by atoms with Crippen LogP contribution in [0.25, 0.3) is 0 Å². The van der Waals surface area contributed by atoms with Gasteiger partial charge < -0.3 is 5.32 Å². The fourth-order valence-electron chi connectivity index (χ4n) is 2.24. The van der Waals surface area contributed by atoms with Gasteiger partial charge in [-0.15, -0.1) is 12.4 Å². The van der Waals surface area contributed by atoms with Gasteiger partial charge in [-0.25, -0.2) is 0 Å². The normalized spacial score (nSPS) is 20.9. The van der Waals surface area contributed by atoms with E-state index in [9.17, 15) is 0 Å². The first-order chi connectivity index (χ1) is 7.75. The maximum absolute atomic E-state index is 3.43. The minimum absolute atomic E-state index is 0. The maximum atomic E-state index is 3.43. The van der Waals surface area contributed by atoms with Crippen molar-refractivity contribution in [3.63, 3.8) is 0 Å². The summed E-state index contributed by atoms with van der Waals surface area (Å²) >= 11 is 0. The molecular formula is C14H23ClN2. The van der Waals surface area contributed by atoms with Gasteiger partial charge in [0.25, 0.3) is 0 Å². The predicted molar refractivity (Wildman–Crippen MR) is 76.0 cm³/mol. The molecule has 2 nitrogen and oxygen atoms in total. The Morgan fingerprint density at radius 3 is 2.65 bits per heavy atom. The highest BCUT2D eigenvalue weighted by Crippen LogP contribution is 2.07. The van der Waals surface area contributed by atoms with Gasteiger partial charge >= 0.3 is 0 Å². The number of benzene rings is 1. The van der Waals surface area contributed by atoms with Crippen LogP contribution in [0.5, 0.6) is 0 Å². The van der Waals surface area contributed by atoms with Crippen LogP contribution in [0.4, 0.5) is 0 Å². The zero-order chi connectivity index (χ0) is 11.4. The molecule has 96 valence electrons. The Hall–Kier alpha value is -0.570. The summed E-state index contributed by atoms with van der Waals surface area (Å²) < 4.78 is 0. The van der Waals surface area contributed by atoms with Crippen LogP contribution in [0.1, 0.15) is 18.1 Å². The lowest BCUT2D eigenvalue weighted by molar-refractivity contribution is 0.176. The first kappa shape index (κ1) is 14.5. The third kappa shape index (κ3) is 4.30. The van der Waals surface area contributed by atoms with E-state index in [1.165, 1.54) is 30.6 Å². The van der Waals surface area contributed by atoms with E-state index in [0.717, 1.165) is 13.1 Å². The van der Waals surface area contributed by atoms with Crippen LogP contribution in [-0.2, 0) is 6.42 Å². The second-order valence-electron chi connectivity index (χ2n) is 4.82. The molecule has 1 aliphatic rings. The lowest BCUT2D eigenvalue weighted by Crippen LogP contribution is -2.50. The summed E-state index contributed by atoms with van der Waals surface area (Å²) in [6.07, 6.45) is 1.17. The first-order valence-electron chi connectivity index (χ1n) is 6.26. The molecule has 1 atom stereocenters. The lowest BCUT2D eigenvalue weighted by Gasteiger charge is -2.33. The van der Waals surface area contributed by atoms with Gasteiger partial charge in [0.1, 0.15) is 0 Å². The summed E-state index contributed by atoms with van der Waals surface area (Å²) in [4.78, 5) is 2.58. The minimum atomic E-state index is 0. The smallest absolute Gasteiger partial charge is 0.0193 e. The number of hydrogen-bond donors (Lipinski definition) is 1. The van der Waals surface area contributed by atoms with Crippen molar-refractivity contribution in [2.24, 2.45) is 0 Å². The Bertz CT molecular complexity index is 323. The zero-order valence-electron chi connectivity index (χ0n) is 10.8. The monoisotopic (exact) mass is 254 g/mol. The molecule has 1 fully saturated rings. The molecular weight excluding hydrogens is 232 g/mol. The molecule has 3 heteroatoms. The summed E-state index contributed by atoms with van der Waals surface area (Å²) in [7, 11) is 0. The van der Waals surface area contributed by atoms with Crippen LogP contribution >= 0.6 is 12.4 Å². The van der Waals surface area contributed by atoms with E-state index in [4.69, 9.17) is 0 Å². The molecule has 1 heterocycles. The van der Waals surface area contributed by atoms with Crippen molar-refractivity contribution in [2.45, 2.75) is 26.3 Å². The van der Waals surface area contributed by atoms with Crippen molar-refractivity contribution in [1.82, 2.24) is 10.2 Å². The second-order valence-corrected chi connectivity index (χ2v) is 4.82. The van der Waals surface area contributed by atoms with Crippen LogP contribution in [-0.4, -0.2) is 37.1 Å². The first-order valence-corrected chi connectivity index (χ1v) is 6.26. The number of nitrogens with one attached hydrogen (secondary N) is 1. The largest absolute Gasteiger partial charge is 0.314 e. The lowest BCUT2D eigenvalue weighted by atomic mass is 10.1. The number of nitrogens with zero attached hydrogens (tertiary/aromatic N) is 1. The fourth-order valence-corrected chi connectivity index (χ4v) is 2.24. The number of halogens is 1. The fraction of sp³-hybridized carbons (Fsp3) is 0.571.